The van der Waals surface area contributed by atoms with Gasteiger partial charge in [0.1, 0.15) is 28.2 Å². The number of aromatic nitrogens is 2. The number of aromatic amines is 1. The van der Waals surface area contributed by atoms with Crippen LogP contribution in [-0.2, 0) is 16.6 Å². The summed E-state index contributed by atoms with van der Waals surface area (Å²) in [5.74, 6) is -0.457. The molecule has 0 fully saturated rings. The second-order valence-corrected chi connectivity index (χ2v) is 5.32. The number of imidazole rings is 1. The van der Waals surface area contributed by atoms with E-state index in [1.165, 1.54) is 18.3 Å². The minimum absolute atomic E-state index is 0.0727. The van der Waals surface area contributed by atoms with Crippen LogP contribution in [0.25, 0.3) is 0 Å². The first-order chi connectivity index (χ1) is 9.04. The summed E-state index contributed by atoms with van der Waals surface area (Å²) < 4.78 is 39.6. The zero-order valence-electron chi connectivity index (χ0n) is 9.59. The van der Waals surface area contributed by atoms with Gasteiger partial charge in [-0.15, -0.1) is 0 Å². The quantitative estimate of drug-likeness (QED) is 0.869. The summed E-state index contributed by atoms with van der Waals surface area (Å²) in [5.41, 5.74) is -0.505. The van der Waals surface area contributed by atoms with Gasteiger partial charge in [-0.05, 0) is 12.1 Å². The number of nitrogens with zero attached hydrogens (tertiary/aromatic N) is 2. The number of hydrogen-bond donors (Lipinski definition) is 2. The van der Waals surface area contributed by atoms with E-state index in [9.17, 15) is 12.8 Å². The van der Waals surface area contributed by atoms with Crippen LogP contribution in [0.4, 0.5) is 4.39 Å². The lowest BCUT2D eigenvalue weighted by atomic mass is 10.2. The van der Waals surface area contributed by atoms with Crippen LogP contribution in [0.5, 0.6) is 0 Å². The Labute approximate surface area is 109 Å². The zero-order valence-corrected chi connectivity index (χ0v) is 10.4. The van der Waals surface area contributed by atoms with Crippen molar-refractivity contribution in [2.75, 3.05) is 0 Å². The highest BCUT2D eigenvalue weighted by molar-refractivity contribution is 7.89. The lowest BCUT2D eigenvalue weighted by Crippen LogP contribution is -2.24. The van der Waals surface area contributed by atoms with Crippen LogP contribution in [-0.4, -0.2) is 18.4 Å². The molecule has 0 saturated carbocycles. The van der Waals surface area contributed by atoms with Gasteiger partial charge in [0, 0.05) is 12.4 Å². The van der Waals surface area contributed by atoms with E-state index in [4.69, 9.17) is 5.26 Å². The summed E-state index contributed by atoms with van der Waals surface area (Å²) in [4.78, 5) is 6.19. The van der Waals surface area contributed by atoms with Gasteiger partial charge in [0.05, 0.1) is 6.54 Å². The summed E-state index contributed by atoms with van der Waals surface area (Å²) in [6.07, 6.45) is 3.03. The minimum atomic E-state index is -3.97. The molecule has 0 atom stereocenters. The Morgan fingerprint density at radius 2 is 2.26 bits per heavy atom. The van der Waals surface area contributed by atoms with Crippen molar-refractivity contribution in [3.8, 4) is 6.07 Å². The molecular formula is C11H9FN4O2S. The fraction of sp³-hybridized carbons (Fsp3) is 0.0909. The van der Waals surface area contributed by atoms with E-state index in [0.717, 1.165) is 6.07 Å². The molecule has 0 spiro atoms. The first kappa shape index (κ1) is 13.2. The Balaban J connectivity index is 2.30. The van der Waals surface area contributed by atoms with Crippen molar-refractivity contribution in [2.45, 2.75) is 11.4 Å². The maximum absolute atomic E-state index is 13.4. The maximum atomic E-state index is 13.4. The number of nitrogens with one attached hydrogen (secondary N) is 2. The van der Waals surface area contributed by atoms with Crippen molar-refractivity contribution in [3.63, 3.8) is 0 Å². The molecule has 6 nitrogen and oxygen atoms in total. The van der Waals surface area contributed by atoms with Crippen LogP contribution in [0.2, 0.25) is 0 Å². The maximum Gasteiger partial charge on any atom is 0.242 e. The Kier molecular flexibility index (Phi) is 3.59. The lowest BCUT2D eigenvalue weighted by molar-refractivity contribution is 0.574. The first-order valence-electron chi connectivity index (χ1n) is 5.21. The number of halogens is 1. The van der Waals surface area contributed by atoms with Gasteiger partial charge in [0.15, 0.2) is 0 Å². The van der Waals surface area contributed by atoms with Crippen LogP contribution >= 0.6 is 0 Å². The Morgan fingerprint density at radius 3 is 2.89 bits per heavy atom. The Hall–Kier alpha value is -2.24. The number of rotatable bonds is 4. The predicted molar refractivity (Wildman–Crippen MR) is 63.7 cm³/mol. The second-order valence-electron chi connectivity index (χ2n) is 3.59. The zero-order chi connectivity index (χ0) is 13.9. The molecule has 2 N–H and O–H groups in total. The molecule has 0 bridgehead atoms. The smallest absolute Gasteiger partial charge is 0.242 e. The van der Waals surface area contributed by atoms with E-state index in [1.54, 1.807) is 12.3 Å². The van der Waals surface area contributed by atoms with Crippen LogP contribution in [0.3, 0.4) is 0 Å². The molecule has 0 saturated heterocycles. The molecule has 98 valence electrons. The number of benzene rings is 1. The fourth-order valence-corrected chi connectivity index (χ4v) is 2.62. The molecule has 1 aromatic heterocycles. The van der Waals surface area contributed by atoms with E-state index in [1.807, 2.05) is 0 Å². The lowest BCUT2D eigenvalue weighted by Gasteiger charge is -2.07. The number of nitriles is 1. The van der Waals surface area contributed by atoms with Gasteiger partial charge in [-0.2, -0.15) is 5.26 Å². The number of H-pyrrole nitrogens is 1. The molecule has 1 heterocycles. The molecule has 0 aliphatic heterocycles. The Morgan fingerprint density at radius 1 is 1.47 bits per heavy atom. The van der Waals surface area contributed by atoms with E-state index >= 15 is 0 Å². The minimum Gasteiger partial charge on any atom is -0.347 e. The summed E-state index contributed by atoms with van der Waals surface area (Å²) in [7, 11) is -3.97. The van der Waals surface area contributed by atoms with E-state index in [0.29, 0.717) is 5.82 Å². The third-order valence-electron chi connectivity index (χ3n) is 2.36. The van der Waals surface area contributed by atoms with Crippen LogP contribution < -0.4 is 4.72 Å². The van der Waals surface area contributed by atoms with Crippen molar-refractivity contribution < 1.29 is 12.8 Å². The van der Waals surface area contributed by atoms with E-state index in [-0.39, 0.29) is 11.4 Å². The van der Waals surface area contributed by atoms with Gasteiger partial charge < -0.3 is 4.98 Å². The molecule has 2 rings (SSSR count). The van der Waals surface area contributed by atoms with Crippen LogP contribution in [0, 0.1) is 17.1 Å². The third kappa shape index (κ3) is 2.78. The van der Waals surface area contributed by atoms with Crippen molar-refractivity contribution in [1.29, 1.82) is 5.26 Å². The number of sulfonamides is 1. The summed E-state index contributed by atoms with van der Waals surface area (Å²) in [5, 5.41) is 8.81. The SMILES string of the molecule is N#Cc1c(F)cccc1S(=O)(=O)NCc1ncc[nH]1. The van der Waals surface area contributed by atoms with Gasteiger partial charge in [-0.3, -0.25) is 0 Å². The molecule has 0 aliphatic carbocycles. The molecule has 0 radical (unpaired) electrons. The molecule has 1 aromatic carbocycles. The molecule has 0 aliphatic rings. The Bertz CT molecular complexity index is 720. The molecule has 0 unspecified atom stereocenters. The largest absolute Gasteiger partial charge is 0.347 e. The highest BCUT2D eigenvalue weighted by Gasteiger charge is 2.21. The number of hydrogen-bond acceptors (Lipinski definition) is 4. The van der Waals surface area contributed by atoms with Crippen LogP contribution in [0.15, 0.2) is 35.5 Å². The first-order valence-corrected chi connectivity index (χ1v) is 6.69. The highest BCUT2D eigenvalue weighted by Crippen LogP contribution is 2.17. The topological polar surface area (TPSA) is 98.6 Å². The van der Waals surface area contributed by atoms with Crippen molar-refractivity contribution in [1.82, 2.24) is 14.7 Å². The average molecular weight is 280 g/mol. The predicted octanol–water partition coefficient (Wildman–Crippen LogP) is 0.899. The third-order valence-corrected chi connectivity index (χ3v) is 3.80. The molecule has 2 aromatic rings. The fourth-order valence-electron chi connectivity index (χ4n) is 1.47. The summed E-state index contributed by atoms with van der Waals surface area (Å²) in [6.45, 7) is -0.0727. The van der Waals surface area contributed by atoms with Gasteiger partial charge in [0.25, 0.3) is 0 Å². The van der Waals surface area contributed by atoms with E-state index < -0.39 is 21.4 Å². The molecular weight excluding hydrogens is 271 g/mol. The summed E-state index contributed by atoms with van der Waals surface area (Å²) in [6, 6.07) is 4.98. The normalized spacial score (nSPS) is 11.2. The van der Waals surface area contributed by atoms with Gasteiger partial charge >= 0.3 is 0 Å². The van der Waals surface area contributed by atoms with Crippen molar-refractivity contribution in [2.24, 2.45) is 0 Å². The van der Waals surface area contributed by atoms with Crippen molar-refractivity contribution in [3.05, 3.63) is 47.8 Å². The standard InChI is InChI=1S/C11H9FN4O2S/c12-9-2-1-3-10(8(9)6-13)19(17,18)16-7-11-14-4-5-15-11/h1-5,16H,7H2,(H,14,15). The average Bonchev–Trinajstić information content (AvgIpc) is 2.89. The highest BCUT2D eigenvalue weighted by atomic mass is 32.2. The van der Waals surface area contributed by atoms with Gasteiger partial charge in [-0.25, -0.2) is 22.5 Å². The monoisotopic (exact) mass is 280 g/mol. The van der Waals surface area contributed by atoms with Crippen LogP contribution in [0.1, 0.15) is 11.4 Å². The van der Waals surface area contributed by atoms with Gasteiger partial charge in [-0.1, -0.05) is 6.07 Å². The van der Waals surface area contributed by atoms with Crippen molar-refractivity contribution >= 4 is 10.0 Å². The summed E-state index contributed by atoms with van der Waals surface area (Å²) >= 11 is 0. The van der Waals surface area contributed by atoms with Gasteiger partial charge in [0.2, 0.25) is 10.0 Å². The molecule has 8 heteroatoms. The molecule has 0 amide bonds. The second kappa shape index (κ2) is 5.17. The molecule has 19 heavy (non-hydrogen) atoms. The van der Waals surface area contributed by atoms with E-state index in [2.05, 4.69) is 14.7 Å².